The average Bonchev–Trinajstić information content (AvgIpc) is 2.63. The number of nitriles is 1. The lowest BCUT2D eigenvalue weighted by Crippen LogP contribution is -2.48. The number of likely N-dealkylation sites (tertiary alicyclic amines) is 1. The number of morpholine rings is 1. The predicted octanol–water partition coefficient (Wildman–Crippen LogP) is 1.77. The Morgan fingerprint density at radius 1 is 1.33 bits per heavy atom. The SMILES string of the molecule is N#Cc1ccc(CN2CCCC(C(=O)N3CCOCC3)C2)c(F)c1. The molecule has 0 bridgehead atoms. The summed E-state index contributed by atoms with van der Waals surface area (Å²) < 4.78 is 19.4. The van der Waals surface area contributed by atoms with E-state index in [2.05, 4.69) is 4.90 Å². The van der Waals surface area contributed by atoms with Gasteiger partial charge in [-0.3, -0.25) is 9.69 Å². The molecule has 1 unspecified atom stereocenters. The molecule has 1 aromatic carbocycles. The number of nitrogens with zero attached hydrogens (tertiary/aromatic N) is 3. The van der Waals surface area contributed by atoms with Crippen molar-refractivity contribution >= 4 is 5.91 Å². The molecule has 0 aliphatic carbocycles. The Morgan fingerprint density at radius 3 is 2.83 bits per heavy atom. The van der Waals surface area contributed by atoms with Crippen molar-refractivity contribution in [2.75, 3.05) is 39.4 Å². The van der Waals surface area contributed by atoms with Crippen LogP contribution >= 0.6 is 0 Å². The molecule has 2 saturated heterocycles. The smallest absolute Gasteiger partial charge is 0.227 e. The summed E-state index contributed by atoms with van der Waals surface area (Å²) in [5, 5.41) is 8.82. The lowest BCUT2D eigenvalue weighted by molar-refractivity contribution is -0.141. The Labute approximate surface area is 141 Å². The van der Waals surface area contributed by atoms with Crippen molar-refractivity contribution < 1.29 is 13.9 Å². The Balaban J connectivity index is 1.61. The summed E-state index contributed by atoms with van der Waals surface area (Å²) in [4.78, 5) is 16.7. The highest BCUT2D eigenvalue weighted by Crippen LogP contribution is 2.22. The topological polar surface area (TPSA) is 56.6 Å². The molecule has 0 radical (unpaired) electrons. The molecule has 0 saturated carbocycles. The summed E-state index contributed by atoms with van der Waals surface area (Å²) in [5.41, 5.74) is 0.906. The standard InChI is InChI=1S/C18H22FN3O2/c19-17-10-14(11-20)3-4-15(17)12-21-5-1-2-16(13-21)18(23)22-6-8-24-9-7-22/h3-4,10,16H,1-2,5-9,12-13H2. The fraction of sp³-hybridized carbons (Fsp3) is 0.556. The maximum Gasteiger partial charge on any atom is 0.227 e. The minimum atomic E-state index is -0.351. The highest BCUT2D eigenvalue weighted by Gasteiger charge is 2.30. The zero-order valence-corrected chi connectivity index (χ0v) is 13.7. The molecule has 0 aromatic heterocycles. The van der Waals surface area contributed by atoms with E-state index in [1.165, 1.54) is 6.07 Å². The minimum absolute atomic E-state index is 0.0155. The summed E-state index contributed by atoms with van der Waals surface area (Å²) >= 11 is 0. The number of halogens is 1. The maximum absolute atomic E-state index is 14.1. The second-order valence-corrected chi connectivity index (χ2v) is 6.43. The average molecular weight is 331 g/mol. The third kappa shape index (κ3) is 3.92. The summed E-state index contributed by atoms with van der Waals surface area (Å²) in [5.74, 6) is -0.169. The summed E-state index contributed by atoms with van der Waals surface area (Å²) in [7, 11) is 0. The van der Waals surface area contributed by atoms with Gasteiger partial charge in [-0.25, -0.2) is 4.39 Å². The lowest BCUT2D eigenvalue weighted by Gasteiger charge is -2.36. The van der Waals surface area contributed by atoms with Crippen LogP contribution in [0.5, 0.6) is 0 Å². The molecule has 24 heavy (non-hydrogen) atoms. The monoisotopic (exact) mass is 331 g/mol. The molecule has 1 atom stereocenters. The van der Waals surface area contributed by atoms with Crippen molar-refractivity contribution in [2.24, 2.45) is 5.92 Å². The van der Waals surface area contributed by atoms with Gasteiger partial charge in [-0.15, -0.1) is 0 Å². The van der Waals surface area contributed by atoms with E-state index in [1.807, 2.05) is 11.0 Å². The van der Waals surface area contributed by atoms with Gasteiger partial charge in [0.25, 0.3) is 0 Å². The van der Waals surface area contributed by atoms with Gasteiger partial charge in [0, 0.05) is 31.7 Å². The Morgan fingerprint density at radius 2 is 2.12 bits per heavy atom. The van der Waals surface area contributed by atoms with Crippen LogP contribution in [0.2, 0.25) is 0 Å². The summed E-state index contributed by atoms with van der Waals surface area (Å²) in [6.07, 6.45) is 1.83. The summed E-state index contributed by atoms with van der Waals surface area (Å²) in [6.45, 7) is 4.56. The first-order valence-electron chi connectivity index (χ1n) is 8.45. The van der Waals surface area contributed by atoms with E-state index in [9.17, 15) is 9.18 Å². The molecule has 0 spiro atoms. The molecule has 0 N–H and O–H groups in total. The van der Waals surface area contributed by atoms with Gasteiger partial charge >= 0.3 is 0 Å². The van der Waals surface area contributed by atoms with Crippen molar-refractivity contribution in [3.63, 3.8) is 0 Å². The van der Waals surface area contributed by atoms with Crippen molar-refractivity contribution in [2.45, 2.75) is 19.4 Å². The van der Waals surface area contributed by atoms with Crippen molar-refractivity contribution in [3.8, 4) is 6.07 Å². The second kappa shape index (κ2) is 7.73. The van der Waals surface area contributed by atoms with Crippen LogP contribution < -0.4 is 0 Å². The first-order valence-corrected chi connectivity index (χ1v) is 8.45. The van der Waals surface area contributed by atoms with Gasteiger partial charge in [0.2, 0.25) is 5.91 Å². The zero-order chi connectivity index (χ0) is 16.9. The normalized spacial score (nSPS) is 22.2. The van der Waals surface area contributed by atoms with E-state index >= 15 is 0 Å². The maximum atomic E-state index is 14.1. The predicted molar refractivity (Wildman–Crippen MR) is 86.5 cm³/mol. The van der Waals surface area contributed by atoms with Crippen LogP contribution in [-0.2, 0) is 16.1 Å². The summed E-state index contributed by atoms with van der Waals surface area (Å²) in [6, 6.07) is 6.52. The van der Waals surface area contributed by atoms with Crippen molar-refractivity contribution in [1.29, 1.82) is 5.26 Å². The highest BCUT2D eigenvalue weighted by atomic mass is 19.1. The third-order valence-electron chi connectivity index (χ3n) is 4.75. The molecule has 5 nitrogen and oxygen atoms in total. The molecule has 2 aliphatic heterocycles. The molecular formula is C18H22FN3O2. The highest BCUT2D eigenvalue weighted by molar-refractivity contribution is 5.79. The van der Waals surface area contributed by atoms with Crippen LogP contribution in [0.4, 0.5) is 4.39 Å². The van der Waals surface area contributed by atoms with Gasteiger partial charge in [0.1, 0.15) is 5.82 Å². The lowest BCUT2D eigenvalue weighted by atomic mass is 9.95. The third-order valence-corrected chi connectivity index (χ3v) is 4.75. The van der Waals surface area contributed by atoms with Gasteiger partial charge in [-0.2, -0.15) is 5.26 Å². The van der Waals surface area contributed by atoms with E-state index < -0.39 is 0 Å². The molecule has 1 aromatic rings. The molecule has 1 amide bonds. The largest absolute Gasteiger partial charge is 0.378 e. The van der Waals surface area contributed by atoms with Crippen LogP contribution in [-0.4, -0.2) is 55.1 Å². The van der Waals surface area contributed by atoms with Gasteiger partial charge in [-0.1, -0.05) is 6.07 Å². The zero-order valence-electron chi connectivity index (χ0n) is 13.7. The Hall–Kier alpha value is -1.97. The molecular weight excluding hydrogens is 309 g/mol. The fourth-order valence-corrected chi connectivity index (χ4v) is 3.43. The minimum Gasteiger partial charge on any atom is -0.378 e. The van der Waals surface area contributed by atoms with Gasteiger partial charge in [-0.05, 0) is 31.5 Å². The number of hydrogen-bond acceptors (Lipinski definition) is 4. The molecule has 128 valence electrons. The number of benzene rings is 1. The fourth-order valence-electron chi connectivity index (χ4n) is 3.43. The van der Waals surface area contributed by atoms with Crippen LogP contribution in [0.15, 0.2) is 18.2 Å². The number of amides is 1. The quantitative estimate of drug-likeness (QED) is 0.847. The van der Waals surface area contributed by atoms with E-state index in [-0.39, 0.29) is 17.6 Å². The van der Waals surface area contributed by atoms with Crippen LogP contribution in [0.25, 0.3) is 0 Å². The van der Waals surface area contributed by atoms with Crippen LogP contribution in [0.3, 0.4) is 0 Å². The van der Waals surface area contributed by atoms with Gasteiger partial charge in [0.15, 0.2) is 0 Å². The van der Waals surface area contributed by atoms with E-state index in [4.69, 9.17) is 10.00 Å². The number of carbonyl (C=O) groups is 1. The Kier molecular flexibility index (Phi) is 5.44. The molecule has 2 aliphatic rings. The first-order chi connectivity index (χ1) is 11.7. The molecule has 2 fully saturated rings. The number of piperidine rings is 1. The van der Waals surface area contributed by atoms with Crippen LogP contribution in [0.1, 0.15) is 24.0 Å². The van der Waals surface area contributed by atoms with E-state index in [0.717, 1.165) is 19.4 Å². The van der Waals surface area contributed by atoms with E-state index in [1.54, 1.807) is 12.1 Å². The number of rotatable bonds is 3. The van der Waals surface area contributed by atoms with Crippen molar-refractivity contribution in [3.05, 3.63) is 35.1 Å². The second-order valence-electron chi connectivity index (χ2n) is 6.43. The van der Waals surface area contributed by atoms with E-state index in [0.29, 0.717) is 50.5 Å². The number of carbonyl (C=O) groups excluding carboxylic acids is 1. The molecule has 3 rings (SSSR count). The van der Waals surface area contributed by atoms with Crippen molar-refractivity contribution in [1.82, 2.24) is 9.80 Å². The molecule has 2 heterocycles. The first kappa shape index (κ1) is 16.9. The number of ether oxygens (including phenoxy) is 1. The van der Waals surface area contributed by atoms with Crippen LogP contribution in [0, 0.1) is 23.1 Å². The van der Waals surface area contributed by atoms with Gasteiger partial charge in [0.05, 0.1) is 30.8 Å². The molecule has 6 heteroatoms. The van der Waals surface area contributed by atoms with Gasteiger partial charge < -0.3 is 9.64 Å². The number of hydrogen-bond donors (Lipinski definition) is 0. The Bertz CT molecular complexity index is 638.